The Bertz CT molecular complexity index is 470. The molecular weight excluding hydrogens is 244 g/mol. The van der Waals surface area contributed by atoms with Crippen molar-refractivity contribution in [3.63, 3.8) is 0 Å². The molecule has 0 radical (unpaired) electrons. The summed E-state index contributed by atoms with van der Waals surface area (Å²) in [5.74, 6) is 1.13. The van der Waals surface area contributed by atoms with Gasteiger partial charge in [0.25, 0.3) is 5.91 Å². The van der Waals surface area contributed by atoms with Gasteiger partial charge < -0.3 is 20.1 Å². The summed E-state index contributed by atoms with van der Waals surface area (Å²) in [7, 11) is 0. The molecule has 1 amide bonds. The van der Waals surface area contributed by atoms with Gasteiger partial charge in [-0.3, -0.25) is 4.79 Å². The topological polar surface area (TPSA) is 59.6 Å². The van der Waals surface area contributed by atoms with Crippen LogP contribution in [0.5, 0.6) is 11.5 Å². The maximum Gasteiger partial charge on any atom is 0.255 e. The Balaban J connectivity index is 1.75. The molecule has 2 heterocycles. The molecule has 0 bridgehead atoms. The SMILES string of the molecule is O=C(N[C@H]1CCCNC1)c1cccc2c1OCCO2. The first kappa shape index (κ1) is 12.3. The third kappa shape index (κ3) is 2.66. The third-order valence-corrected chi connectivity index (χ3v) is 3.44. The Labute approximate surface area is 112 Å². The molecule has 1 atom stereocenters. The number of rotatable bonds is 2. The van der Waals surface area contributed by atoms with E-state index in [1.165, 1.54) is 0 Å². The van der Waals surface area contributed by atoms with Gasteiger partial charge in [-0.1, -0.05) is 6.07 Å². The summed E-state index contributed by atoms with van der Waals surface area (Å²) < 4.78 is 11.1. The molecule has 5 heteroatoms. The van der Waals surface area contributed by atoms with Gasteiger partial charge in [-0.15, -0.1) is 0 Å². The van der Waals surface area contributed by atoms with E-state index in [0.717, 1.165) is 25.9 Å². The van der Waals surface area contributed by atoms with Crippen molar-refractivity contribution in [2.75, 3.05) is 26.3 Å². The summed E-state index contributed by atoms with van der Waals surface area (Å²) in [4.78, 5) is 12.3. The van der Waals surface area contributed by atoms with Crippen molar-refractivity contribution in [2.45, 2.75) is 18.9 Å². The Hall–Kier alpha value is -1.75. The number of hydrogen-bond donors (Lipinski definition) is 2. The maximum atomic E-state index is 12.3. The van der Waals surface area contributed by atoms with Crippen LogP contribution in [0, 0.1) is 0 Å². The largest absolute Gasteiger partial charge is 0.486 e. The molecule has 0 unspecified atom stereocenters. The molecule has 1 fully saturated rings. The normalized spacial score (nSPS) is 21.8. The molecule has 1 aromatic carbocycles. The van der Waals surface area contributed by atoms with E-state index in [4.69, 9.17) is 9.47 Å². The van der Waals surface area contributed by atoms with Crippen molar-refractivity contribution in [3.8, 4) is 11.5 Å². The number of benzene rings is 1. The standard InChI is InChI=1S/C14H18N2O3/c17-14(16-10-3-2-6-15-9-10)11-4-1-5-12-13(11)19-8-7-18-12/h1,4-5,10,15H,2-3,6-9H2,(H,16,17)/t10-/m0/s1. The minimum absolute atomic E-state index is 0.0870. The van der Waals surface area contributed by atoms with Gasteiger partial charge >= 0.3 is 0 Å². The van der Waals surface area contributed by atoms with Crippen LogP contribution in [0.4, 0.5) is 0 Å². The lowest BCUT2D eigenvalue weighted by molar-refractivity contribution is 0.0919. The molecule has 5 nitrogen and oxygen atoms in total. The predicted molar refractivity (Wildman–Crippen MR) is 70.8 cm³/mol. The van der Waals surface area contributed by atoms with Crippen molar-refractivity contribution >= 4 is 5.91 Å². The van der Waals surface area contributed by atoms with E-state index in [-0.39, 0.29) is 11.9 Å². The summed E-state index contributed by atoms with van der Waals surface area (Å²) >= 11 is 0. The van der Waals surface area contributed by atoms with E-state index in [9.17, 15) is 4.79 Å². The van der Waals surface area contributed by atoms with Crippen LogP contribution in [0.2, 0.25) is 0 Å². The van der Waals surface area contributed by atoms with Crippen LogP contribution < -0.4 is 20.1 Å². The van der Waals surface area contributed by atoms with Gasteiger partial charge in [0.15, 0.2) is 11.5 Å². The first-order valence-electron chi connectivity index (χ1n) is 6.75. The van der Waals surface area contributed by atoms with Crippen LogP contribution in [-0.2, 0) is 0 Å². The van der Waals surface area contributed by atoms with E-state index in [1.807, 2.05) is 12.1 Å². The van der Waals surface area contributed by atoms with E-state index >= 15 is 0 Å². The number of carbonyl (C=O) groups excluding carboxylic acids is 1. The van der Waals surface area contributed by atoms with Gasteiger partial charge in [-0.2, -0.15) is 0 Å². The molecule has 2 aliphatic heterocycles. The zero-order valence-electron chi connectivity index (χ0n) is 10.8. The second-order valence-electron chi connectivity index (χ2n) is 4.85. The van der Waals surface area contributed by atoms with Gasteiger partial charge in [0.2, 0.25) is 0 Å². The number of ether oxygens (including phenoxy) is 2. The highest BCUT2D eigenvalue weighted by Gasteiger charge is 2.22. The second-order valence-corrected chi connectivity index (χ2v) is 4.85. The molecule has 1 aromatic rings. The average molecular weight is 262 g/mol. The van der Waals surface area contributed by atoms with E-state index in [0.29, 0.717) is 30.3 Å². The quantitative estimate of drug-likeness (QED) is 0.833. The molecule has 0 saturated carbocycles. The van der Waals surface area contributed by atoms with Crippen molar-refractivity contribution in [1.82, 2.24) is 10.6 Å². The van der Waals surface area contributed by atoms with Crippen molar-refractivity contribution < 1.29 is 14.3 Å². The van der Waals surface area contributed by atoms with Gasteiger partial charge in [0.1, 0.15) is 13.2 Å². The number of amides is 1. The van der Waals surface area contributed by atoms with Gasteiger partial charge in [-0.05, 0) is 31.5 Å². The lowest BCUT2D eigenvalue weighted by Gasteiger charge is -2.25. The van der Waals surface area contributed by atoms with E-state index < -0.39 is 0 Å². The fourth-order valence-corrected chi connectivity index (χ4v) is 2.49. The van der Waals surface area contributed by atoms with Crippen LogP contribution in [0.1, 0.15) is 23.2 Å². The zero-order chi connectivity index (χ0) is 13.1. The summed E-state index contributed by atoms with van der Waals surface area (Å²) in [6, 6.07) is 5.62. The molecule has 0 spiro atoms. The first-order chi connectivity index (χ1) is 9.34. The predicted octanol–water partition coefficient (Wildman–Crippen LogP) is 0.940. The van der Waals surface area contributed by atoms with Crippen LogP contribution in [-0.4, -0.2) is 38.3 Å². The first-order valence-corrected chi connectivity index (χ1v) is 6.75. The minimum atomic E-state index is -0.0870. The van der Waals surface area contributed by atoms with Crippen LogP contribution >= 0.6 is 0 Å². The number of carbonyl (C=O) groups is 1. The number of piperidine rings is 1. The summed E-state index contributed by atoms with van der Waals surface area (Å²) in [6.45, 7) is 2.88. The number of nitrogens with one attached hydrogen (secondary N) is 2. The Morgan fingerprint density at radius 1 is 1.32 bits per heavy atom. The van der Waals surface area contributed by atoms with E-state index in [2.05, 4.69) is 10.6 Å². The molecule has 0 aliphatic carbocycles. The molecule has 2 N–H and O–H groups in total. The summed E-state index contributed by atoms with van der Waals surface area (Å²) in [5, 5.41) is 6.33. The fourth-order valence-electron chi connectivity index (χ4n) is 2.49. The zero-order valence-corrected chi connectivity index (χ0v) is 10.8. The van der Waals surface area contributed by atoms with E-state index in [1.54, 1.807) is 6.07 Å². The summed E-state index contributed by atoms with van der Waals surface area (Å²) in [5.41, 5.74) is 0.558. The number of para-hydroxylation sites is 1. The lowest BCUT2D eigenvalue weighted by Crippen LogP contribution is -2.45. The highest BCUT2D eigenvalue weighted by molar-refractivity contribution is 5.98. The molecule has 1 saturated heterocycles. The smallest absolute Gasteiger partial charge is 0.255 e. The Morgan fingerprint density at radius 3 is 3.05 bits per heavy atom. The molecule has 102 valence electrons. The maximum absolute atomic E-state index is 12.3. The molecular formula is C14H18N2O3. The van der Waals surface area contributed by atoms with Crippen molar-refractivity contribution in [3.05, 3.63) is 23.8 Å². The van der Waals surface area contributed by atoms with Gasteiger partial charge in [0.05, 0.1) is 5.56 Å². The highest BCUT2D eigenvalue weighted by atomic mass is 16.6. The minimum Gasteiger partial charge on any atom is -0.486 e. The number of fused-ring (bicyclic) bond motifs is 1. The van der Waals surface area contributed by atoms with Crippen molar-refractivity contribution in [2.24, 2.45) is 0 Å². The Morgan fingerprint density at radius 2 is 2.21 bits per heavy atom. The highest BCUT2D eigenvalue weighted by Crippen LogP contribution is 2.33. The lowest BCUT2D eigenvalue weighted by atomic mass is 10.1. The van der Waals surface area contributed by atoms with Crippen molar-refractivity contribution in [1.29, 1.82) is 0 Å². The fraction of sp³-hybridized carbons (Fsp3) is 0.500. The number of hydrogen-bond acceptors (Lipinski definition) is 4. The van der Waals surface area contributed by atoms with Crippen LogP contribution in [0.25, 0.3) is 0 Å². The summed E-state index contributed by atoms with van der Waals surface area (Å²) in [6.07, 6.45) is 2.11. The molecule has 0 aromatic heterocycles. The third-order valence-electron chi connectivity index (χ3n) is 3.44. The monoisotopic (exact) mass is 262 g/mol. The van der Waals surface area contributed by atoms with Gasteiger partial charge in [0, 0.05) is 12.6 Å². The molecule has 2 aliphatic rings. The van der Waals surface area contributed by atoms with Crippen LogP contribution in [0.15, 0.2) is 18.2 Å². The molecule has 3 rings (SSSR count). The Kier molecular flexibility index (Phi) is 3.55. The average Bonchev–Trinajstić information content (AvgIpc) is 2.47. The van der Waals surface area contributed by atoms with Gasteiger partial charge in [-0.25, -0.2) is 0 Å². The van der Waals surface area contributed by atoms with Crippen LogP contribution in [0.3, 0.4) is 0 Å². The second kappa shape index (κ2) is 5.48. The molecule has 19 heavy (non-hydrogen) atoms.